The second kappa shape index (κ2) is 9.49. The van der Waals surface area contributed by atoms with Crippen LogP contribution in [0.1, 0.15) is 25.8 Å². The van der Waals surface area contributed by atoms with E-state index in [0.29, 0.717) is 24.2 Å². The lowest BCUT2D eigenvalue weighted by molar-refractivity contribution is 0.611. The van der Waals surface area contributed by atoms with Gasteiger partial charge in [-0.1, -0.05) is 13.0 Å². The maximum absolute atomic E-state index is 14.2. The average Bonchev–Trinajstić information content (AvgIpc) is 3.05. The fraction of sp³-hybridized carbons (Fsp3) is 0.375. The molecule has 0 saturated carbocycles. The van der Waals surface area contributed by atoms with E-state index in [1.807, 2.05) is 6.07 Å². The lowest BCUT2D eigenvalue weighted by Gasteiger charge is -2.16. The van der Waals surface area contributed by atoms with Crippen LogP contribution in [0.4, 0.5) is 4.39 Å². The highest BCUT2D eigenvalue weighted by molar-refractivity contribution is 14.0. The van der Waals surface area contributed by atoms with Gasteiger partial charge in [0.15, 0.2) is 5.96 Å². The van der Waals surface area contributed by atoms with Gasteiger partial charge in [0.25, 0.3) is 0 Å². The third-order valence-electron chi connectivity index (χ3n) is 3.47. The quantitative estimate of drug-likeness (QED) is 0.435. The Morgan fingerprint density at radius 1 is 1.43 bits per heavy atom. The van der Waals surface area contributed by atoms with E-state index in [1.165, 1.54) is 6.07 Å². The maximum Gasteiger partial charge on any atom is 0.191 e. The highest BCUT2D eigenvalue weighted by Crippen LogP contribution is 2.14. The summed E-state index contributed by atoms with van der Waals surface area (Å²) < 4.78 is 15.8. The lowest BCUT2D eigenvalue weighted by atomic mass is 10.2. The van der Waals surface area contributed by atoms with E-state index < -0.39 is 0 Å². The van der Waals surface area contributed by atoms with Crippen LogP contribution in [0.5, 0.6) is 0 Å². The van der Waals surface area contributed by atoms with Crippen molar-refractivity contribution in [3.8, 4) is 5.69 Å². The molecule has 0 fully saturated rings. The number of aliphatic imine (C=N–C) groups is 1. The van der Waals surface area contributed by atoms with Gasteiger partial charge in [-0.25, -0.2) is 9.37 Å². The van der Waals surface area contributed by atoms with Crippen molar-refractivity contribution in [2.75, 3.05) is 7.05 Å². The maximum atomic E-state index is 14.2. The van der Waals surface area contributed by atoms with Crippen LogP contribution in [0.3, 0.4) is 0 Å². The summed E-state index contributed by atoms with van der Waals surface area (Å²) in [4.78, 5) is 8.09. The molecule has 2 rings (SSSR count). The van der Waals surface area contributed by atoms with Crippen molar-refractivity contribution in [2.24, 2.45) is 4.99 Å². The van der Waals surface area contributed by atoms with Crippen LogP contribution in [-0.4, -0.2) is 28.6 Å². The van der Waals surface area contributed by atoms with Gasteiger partial charge >= 0.3 is 0 Å². The van der Waals surface area contributed by atoms with Crippen molar-refractivity contribution >= 4 is 29.9 Å². The van der Waals surface area contributed by atoms with Gasteiger partial charge in [0, 0.05) is 32.0 Å². The fourth-order valence-corrected chi connectivity index (χ4v) is 1.99. The van der Waals surface area contributed by atoms with Crippen LogP contribution < -0.4 is 10.6 Å². The molecule has 0 saturated heterocycles. The first-order chi connectivity index (χ1) is 10.6. The molecule has 7 heteroatoms. The summed E-state index contributed by atoms with van der Waals surface area (Å²) in [5, 5.41) is 6.45. The molecule has 1 heterocycles. The summed E-state index contributed by atoms with van der Waals surface area (Å²) in [5.41, 5.74) is 1.34. The Morgan fingerprint density at radius 3 is 2.78 bits per heavy atom. The summed E-state index contributed by atoms with van der Waals surface area (Å²) in [6.07, 6.45) is 5.93. The topological polar surface area (TPSA) is 54.2 Å². The van der Waals surface area contributed by atoms with Crippen molar-refractivity contribution in [3.05, 3.63) is 48.3 Å². The van der Waals surface area contributed by atoms with Crippen LogP contribution in [0, 0.1) is 5.82 Å². The van der Waals surface area contributed by atoms with Gasteiger partial charge in [-0.15, -0.1) is 24.0 Å². The van der Waals surface area contributed by atoms with Crippen LogP contribution in [0.15, 0.2) is 41.9 Å². The van der Waals surface area contributed by atoms with Gasteiger partial charge in [0.2, 0.25) is 0 Å². The van der Waals surface area contributed by atoms with E-state index in [1.54, 1.807) is 36.4 Å². The molecule has 0 spiro atoms. The normalized spacial score (nSPS) is 12.4. The standard InChI is InChI=1S/C16H22FN5.HI/c1-4-12(2)21-16(18-3)20-10-13-5-6-15(14(17)9-13)22-8-7-19-11-22;/h5-9,11-12H,4,10H2,1-3H3,(H2,18,20,21);1H. The highest BCUT2D eigenvalue weighted by Gasteiger charge is 2.07. The molecule has 0 radical (unpaired) electrons. The van der Waals surface area contributed by atoms with Crippen molar-refractivity contribution in [3.63, 3.8) is 0 Å². The molecule has 5 nitrogen and oxygen atoms in total. The Bertz CT molecular complexity index is 627. The molecule has 1 atom stereocenters. The van der Waals surface area contributed by atoms with E-state index in [2.05, 4.69) is 34.5 Å². The Labute approximate surface area is 153 Å². The third kappa shape index (κ3) is 5.49. The minimum Gasteiger partial charge on any atom is -0.354 e. The Morgan fingerprint density at radius 2 is 2.22 bits per heavy atom. The van der Waals surface area contributed by atoms with Crippen molar-refractivity contribution in [2.45, 2.75) is 32.9 Å². The summed E-state index contributed by atoms with van der Waals surface area (Å²) in [6, 6.07) is 5.51. The smallest absolute Gasteiger partial charge is 0.191 e. The molecular weight excluding hydrogens is 408 g/mol. The molecular formula is C16H23FIN5. The van der Waals surface area contributed by atoms with Gasteiger partial charge in [-0.3, -0.25) is 4.99 Å². The average molecular weight is 431 g/mol. The summed E-state index contributed by atoms with van der Waals surface area (Å²) in [7, 11) is 1.72. The van der Waals surface area contributed by atoms with Crippen LogP contribution in [-0.2, 0) is 6.54 Å². The van der Waals surface area contributed by atoms with E-state index in [9.17, 15) is 4.39 Å². The molecule has 126 valence electrons. The number of guanidine groups is 1. The van der Waals surface area contributed by atoms with Crippen LogP contribution in [0.2, 0.25) is 0 Å². The molecule has 23 heavy (non-hydrogen) atoms. The number of benzene rings is 1. The van der Waals surface area contributed by atoms with Crippen LogP contribution >= 0.6 is 24.0 Å². The Hall–Kier alpha value is -1.64. The zero-order valence-electron chi connectivity index (χ0n) is 13.6. The van der Waals surface area contributed by atoms with E-state index in [4.69, 9.17) is 0 Å². The lowest BCUT2D eigenvalue weighted by Crippen LogP contribution is -2.41. The van der Waals surface area contributed by atoms with Crippen molar-refractivity contribution in [1.29, 1.82) is 0 Å². The number of imidazole rings is 1. The van der Waals surface area contributed by atoms with Crippen molar-refractivity contribution in [1.82, 2.24) is 20.2 Å². The number of rotatable bonds is 5. The predicted octanol–water partition coefficient (Wildman–Crippen LogP) is 3.09. The second-order valence-electron chi connectivity index (χ2n) is 5.14. The van der Waals surface area contributed by atoms with Gasteiger partial charge in [-0.2, -0.15) is 0 Å². The fourth-order valence-electron chi connectivity index (χ4n) is 1.99. The molecule has 0 aliphatic heterocycles. The number of halogens is 2. The highest BCUT2D eigenvalue weighted by atomic mass is 127. The van der Waals surface area contributed by atoms with Crippen molar-refractivity contribution < 1.29 is 4.39 Å². The molecule has 0 aliphatic rings. The molecule has 1 aromatic carbocycles. The Balaban J connectivity index is 0.00000264. The number of aromatic nitrogens is 2. The predicted molar refractivity (Wildman–Crippen MR) is 102 cm³/mol. The number of hydrogen-bond donors (Lipinski definition) is 2. The SMILES string of the molecule is CCC(C)NC(=NC)NCc1ccc(-n2ccnc2)c(F)c1.I. The Kier molecular flexibility index (Phi) is 8.01. The van der Waals surface area contributed by atoms with Gasteiger partial charge in [0.1, 0.15) is 5.82 Å². The first-order valence-corrected chi connectivity index (χ1v) is 7.38. The molecule has 2 N–H and O–H groups in total. The van der Waals surface area contributed by atoms with Gasteiger partial charge in [0.05, 0.1) is 12.0 Å². The third-order valence-corrected chi connectivity index (χ3v) is 3.47. The molecule has 2 aromatic rings. The zero-order chi connectivity index (χ0) is 15.9. The van der Waals surface area contributed by atoms with Gasteiger partial charge < -0.3 is 15.2 Å². The minimum absolute atomic E-state index is 0. The molecule has 0 amide bonds. The monoisotopic (exact) mass is 431 g/mol. The molecule has 0 aliphatic carbocycles. The number of nitrogens with zero attached hydrogens (tertiary/aromatic N) is 3. The number of nitrogens with one attached hydrogen (secondary N) is 2. The molecule has 0 bridgehead atoms. The largest absolute Gasteiger partial charge is 0.354 e. The van der Waals surface area contributed by atoms with Crippen LogP contribution in [0.25, 0.3) is 5.69 Å². The number of hydrogen-bond acceptors (Lipinski definition) is 2. The summed E-state index contributed by atoms with van der Waals surface area (Å²) in [5.74, 6) is 0.440. The van der Waals surface area contributed by atoms with E-state index in [-0.39, 0.29) is 29.8 Å². The summed E-state index contributed by atoms with van der Waals surface area (Å²) >= 11 is 0. The van der Waals surface area contributed by atoms with Gasteiger partial charge in [-0.05, 0) is 31.0 Å². The van der Waals surface area contributed by atoms with E-state index in [0.717, 1.165) is 12.0 Å². The summed E-state index contributed by atoms with van der Waals surface area (Å²) in [6.45, 7) is 4.71. The molecule has 1 unspecified atom stereocenters. The van der Waals surface area contributed by atoms with E-state index >= 15 is 0 Å². The second-order valence-corrected chi connectivity index (χ2v) is 5.14. The first-order valence-electron chi connectivity index (χ1n) is 7.38. The molecule has 1 aromatic heterocycles. The minimum atomic E-state index is -0.276. The first kappa shape index (κ1) is 19.4. The zero-order valence-corrected chi connectivity index (χ0v) is 15.9.